The highest BCUT2D eigenvalue weighted by atomic mass is 19.1. The number of aliphatic hydroxyl groups is 1. The zero-order valence-electron chi connectivity index (χ0n) is 8.58. The van der Waals surface area contributed by atoms with E-state index < -0.39 is 6.17 Å². The second-order valence-electron chi connectivity index (χ2n) is 5.93. The normalized spacial score (nSPS) is 52.3. The smallest absolute Gasteiger partial charge is 0.129 e. The van der Waals surface area contributed by atoms with Gasteiger partial charge in [-0.25, -0.2) is 4.39 Å². The zero-order valence-corrected chi connectivity index (χ0v) is 8.58. The molecule has 4 saturated carbocycles. The Morgan fingerprint density at radius 3 is 1.86 bits per heavy atom. The largest absolute Gasteiger partial charge is 0.393 e. The Kier molecular flexibility index (Phi) is 1.92. The molecule has 0 aliphatic heterocycles. The van der Waals surface area contributed by atoms with E-state index in [-0.39, 0.29) is 12.0 Å². The molecule has 1 nitrogen and oxygen atoms in total. The minimum atomic E-state index is -0.948. The van der Waals surface area contributed by atoms with E-state index in [0.717, 1.165) is 37.0 Å². The van der Waals surface area contributed by atoms with Gasteiger partial charge in [-0.05, 0) is 56.3 Å². The highest BCUT2D eigenvalue weighted by Gasteiger charge is 2.54. The van der Waals surface area contributed by atoms with Gasteiger partial charge in [-0.3, -0.25) is 0 Å². The topological polar surface area (TPSA) is 20.2 Å². The predicted octanol–water partition coefficient (Wildman–Crippen LogP) is 2.53. The van der Waals surface area contributed by atoms with Gasteiger partial charge in [0.05, 0.1) is 6.61 Å². The van der Waals surface area contributed by atoms with Gasteiger partial charge in [-0.1, -0.05) is 0 Å². The van der Waals surface area contributed by atoms with Gasteiger partial charge in [-0.2, -0.15) is 0 Å². The zero-order chi connectivity index (χ0) is 9.76. The second-order valence-corrected chi connectivity index (χ2v) is 5.93. The average Bonchev–Trinajstić information content (AvgIpc) is 2.14. The molecule has 0 spiro atoms. The summed E-state index contributed by atoms with van der Waals surface area (Å²) in [5.41, 5.74) is -0.108. The fourth-order valence-electron chi connectivity index (χ4n) is 4.75. The standard InChI is InChI=1S/C12H19FO/c13-11(7-14)12-4-8-1-9(5-12)3-10(2-8)6-12/h8-11,14H,1-7H2/t8?,9?,10?,11-,12?/m1/s1. The second kappa shape index (κ2) is 2.94. The number of hydrogen-bond donors (Lipinski definition) is 1. The van der Waals surface area contributed by atoms with Crippen LogP contribution in [0, 0.1) is 23.2 Å². The van der Waals surface area contributed by atoms with Crippen molar-refractivity contribution < 1.29 is 9.50 Å². The van der Waals surface area contributed by atoms with E-state index in [9.17, 15) is 4.39 Å². The summed E-state index contributed by atoms with van der Waals surface area (Å²) >= 11 is 0. The van der Waals surface area contributed by atoms with Crippen molar-refractivity contribution in [3.63, 3.8) is 0 Å². The number of hydrogen-bond acceptors (Lipinski definition) is 1. The first-order chi connectivity index (χ1) is 6.72. The molecule has 1 atom stereocenters. The van der Waals surface area contributed by atoms with Crippen LogP contribution in [-0.4, -0.2) is 17.9 Å². The monoisotopic (exact) mass is 198 g/mol. The van der Waals surface area contributed by atoms with Crippen molar-refractivity contribution >= 4 is 0 Å². The van der Waals surface area contributed by atoms with E-state index in [0.29, 0.717) is 0 Å². The molecule has 4 aliphatic carbocycles. The van der Waals surface area contributed by atoms with Crippen LogP contribution >= 0.6 is 0 Å². The average molecular weight is 198 g/mol. The van der Waals surface area contributed by atoms with Gasteiger partial charge in [-0.15, -0.1) is 0 Å². The molecule has 0 aromatic heterocycles. The van der Waals surface area contributed by atoms with Crippen LogP contribution in [0.15, 0.2) is 0 Å². The number of aliphatic hydroxyl groups excluding tert-OH is 1. The Bertz CT molecular complexity index is 203. The lowest BCUT2D eigenvalue weighted by Crippen LogP contribution is -2.51. The van der Waals surface area contributed by atoms with Crippen molar-refractivity contribution in [1.82, 2.24) is 0 Å². The molecule has 4 fully saturated rings. The first-order valence-electron chi connectivity index (χ1n) is 5.97. The molecule has 0 amide bonds. The van der Waals surface area contributed by atoms with Crippen molar-refractivity contribution in [2.45, 2.75) is 44.7 Å². The van der Waals surface area contributed by atoms with Crippen molar-refractivity contribution in [2.24, 2.45) is 23.2 Å². The lowest BCUT2D eigenvalue weighted by molar-refractivity contribution is -0.106. The Morgan fingerprint density at radius 2 is 1.50 bits per heavy atom. The third kappa shape index (κ3) is 1.16. The molecular formula is C12H19FO. The predicted molar refractivity (Wildman–Crippen MR) is 52.6 cm³/mol. The summed E-state index contributed by atoms with van der Waals surface area (Å²) in [6.07, 6.45) is 6.25. The van der Waals surface area contributed by atoms with E-state index in [1.165, 1.54) is 19.3 Å². The first kappa shape index (κ1) is 9.14. The van der Waals surface area contributed by atoms with Crippen molar-refractivity contribution in [3.05, 3.63) is 0 Å². The van der Waals surface area contributed by atoms with Crippen molar-refractivity contribution in [2.75, 3.05) is 6.61 Å². The number of rotatable bonds is 2. The SMILES string of the molecule is OC[C@@H](F)C12CC3CC(CC(C3)C1)C2. The molecule has 0 saturated heterocycles. The molecule has 80 valence electrons. The van der Waals surface area contributed by atoms with Crippen LogP contribution in [0.2, 0.25) is 0 Å². The summed E-state index contributed by atoms with van der Waals surface area (Å²) in [6, 6.07) is 0. The van der Waals surface area contributed by atoms with Crippen LogP contribution in [0.1, 0.15) is 38.5 Å². The molecule has 0 aromatic carbocycles. The number of halogens is 1. The summed E-state index contributed by atoms with van der Waals surface area (Å²) in [5.74, 6) is 2.35. The highest BCUT2D eigenvalue weighted by Crippen LogP contribution is 2.61. The molecule has 14 heavy (non-hydrogen) atoms. The summed E-state index contributed by atoms with van der Waals surface area (Å²) in [6.45, 7) is -0.258. The van der Waals surface area contributed by atoms with Gasteiger partial charge >= 0.3 is 0 Å². The van der Waals surface area contributed by atoms with Crippen LogP contribution in [0.3, 0.4) is 0 Å². The van der Waals surface area contributed by atoms with Crippen molar-refractivity contribution in [3.8, 4) is 0 Å². The third-order valence-corrected chi connectivity index (χ3v) is 4.91. The quantitative estimate of drug-likeness (QED) is 0.723. The van der Waals surface area contributed by atoms with Gasteiger partial charge in [0, 0.05) is 5.41 Å². The van der Waals surface area contributed by atoms with Gasteiger partial charge in [0.1, 0.15) is 6.17 Å². The third-order valence-electron chi connectivity index (χ3n) is 4.91. The lowest BCUT2D eigenvalue weighted by atomic mass is 9.48. The van der Waals surface area contributed by atoms with Crippen LogP contribution in [0.4, 0.5) is 4.39 Å². The Hall–Kier alpha value is -0.110. The maximum absolute atomic E-state index is 13.8. The van der Waals surface area contributed by atoms with Crippen LogP contribution in [0.25, 0.3) is 0 Å². The molecule has 1 N–H and O–H groups in total. The van der Waals surface area contributed by atoms with Gasteiger partial charge in [0.2, 0.25) is 0 Å². The summed E-state index contributed by atoms with van der Waals surface area (Å²) in [5, 5.41) is 9.02. The fourth-order valence-corrected chi connectivity index (χ4v) is 4.75. The minimum Gasteiger partial charge on any atom is -0.393 e. The van der Waals surface area contributed by atoms with Crippen LogP contribution in [0.5, 0.6) is 0 Å². The number of alkyl halides is 1. The summed E-state index contributed by atoms with van der Waals surface area (Å²) in [7, 11) is 0. The van der Waals surface area contributed by atoms with Crippen LogP contribution < -0.4 is 0 Å². The molecule has 4 rings (SSSR count). The maximum atomic E-state index is 13.8. The molecule has 2 heteroatoms. The Labute approximate surface area is 84.7 Å². The Morgan fingerprint density at radius 1 is 1.07 bits per heavy atom. The molecule has 0 heterocycles. The van der Waals surface area contributed by atoms with E-state index in [1.54, 1.807) is 0 Å². The molecule has 0 unspecified atom stereocenters. The molecule has 0 radical (unpaired) electrons. The van der Waals surface area contributed by atoms with Crippen LogP contribution in [-0.2, 0) is 0 Å². The highest BCUT2D eigenvalue weighted by molar-refractivity contribution is 5.04. The molecule has 4 bridgehead atoms. The Balaban J connectivity index is 1.87. The van der Waals surface area contributed by atoms with E-state index in [2.05, 4.69) is 0 Å². The van der Waals surface area contributed by atoms with Gasteiger partial charge in [0.25, 0.3) is 0 Å². The molecule has 4 aliphatic rings. The van der Waals surface area contributed by atoms with Crippen molar-refractivity contribution in [1.29, 1.82) is 0 Å². The molecular weight excluding hydrogens is 179 g/mol. The van der Waals surface area contributed by atoms with Gasteiger partial charge < -0.3 is 5.11 Å². The minimum absolute atomic E-state index is 0.108. The fraction of sp³-hybridized carbons (Fsp3) is 1.00. The van der Waals surface area contributed by atoms with E-state index >= 15 is 0 Å². The summed E-state index contributed by atoms with van der Waals surface area (Å²) < 4.78 is 13.8. The van der Waals surface area contributed by atoms with E-state index in [1.807, 2.05) is 0 Å². The van der Waals surface area contributed by atoms with E-state index in [4.69, 9.17) is 5.11 Å². The maximum Gasteiger partial charge on any atom is 0.129 e. The lowest BCUT2D eigenvalue weighted by Gasteiger charge is -2.57. The molecule has 0 aromatic rings. The summed E-state index contributed by atoms with van der Waals surface area (Å²) in [4.78, 5) is 0. The van der Waals surface area contributed by atoms with Gasteiger partial charge in [0.15, 0.2) is 0 Å². The first-order valence-corrected chi connectivity index (χ1v) is 5.97.